The van der Waals surface area contributed by atoms with E-state index in [1.165, 1.54) is 0 Å². The number of hydrogen-bond acceptors (Lipinski definition) is 2. The van der Waals surface area contributed by atoms with Gasteiger partial charge in [-0.15, -0.1) is 0 Å². The van der Waals surface area contributed by atoms with Gasteiger partial charge in [-0.2, -0.15) is 0 Å². The molecule has 0 aromatic heterocycles. The summed E-state index contributed by atoms with van der Waals surface area (Å²) >= 11 is 0. The van der Waals surface area contributed by atoms with E-state index >= 15 is 0 Å². The van der Waals surface area contributed by atoms with Crippen molar-refractivity contribution in [3.8, 4) is 11.5 Å². The van der Waals surface area contributed by atoms with Crippen LogP contribution in [0.2, 0.25) is 0 Å². The molecule has 0 amide bonds. The van der Waals surface area contributed by atoms with E-state index in [2.05, 4.69) is 6.58 Å². The molecule has 0 fully saturated rings. The summed E-state index contributed by atoms with van der Waals surface area (Å²) < 4.78 is 10.3. The second-order valence-electron chi connectivity index (χ2n) is 2.48. The molecule has 0 N–H and O–H groups in total. The van der Waals surface area contributed by atoms with E-state index in [1.807, 2.05) is 45.0 Å². The first-order chi connectivity index (χ1) is 6.72. The van der Waals surface area contributed by atoms with Gasteiger partial charge in [0.2, 0.25) is 0 Å². The van der Waals surface area contributed by atoms with Gasteiger partial charge in [0.15, 0.2) is 0 Å². The van der Waals surface area contributed by atoms with Crippen molar-refractivity contribution in [3.05, 3.63) is 36.6 Å². The number of hydrogen-bond donors (Lipinski definition) is 0. The van der Waals surface area contributed by atoms with Crippen LogP contribution in [0.3, 0.4) is 0 Å². The second-order valence-corrected chi connectivity index (χ2v) is 2.48. The van der Waals surface area contributed by atoms with Crippen LogP contribution in [-0.4, -0.2) is 7.11 Å². The van der Waals surface area contributed by atoms with Gasteiger partial charge in [0.25, 0.3) is 0 Å². The van der Waals surface area contributed by atoms with E-state index in [-0.39, 0.29) is 0 Å². The van der Waals surface area contributed by atoms with Crippen molar-refractivity contribution in [2.24, 2.45) is 0 Å². The molecule has 0 radical (unpaired) electrons. The summed E-state index contributed by atoms with van der Waals surface area (Å²) in [5.41, 5.74) is 0. The first-order valence-corrected chi connectivity index (χ1v) is 4.70. The van der Waals surface area contributed by atoms with E-state index in [0.29, 0.717) is 5.76 Å². The summed E-state index contributed by atoms with van der Waals surface area (Å²) in [7, 11) is 1.63. The zero-order valence-electron chi connectivity index (χ0n) is 9.33. The smallest absolute Gasteiger partial charge is 0.127 e. The van der Waals surface area contributed by atoms with Crippen molar-refractivity contribution < 1.29 is 9.47 Å². The van der Waals surface area contributed by atoms with Crippen LogP contribution in [0.25, 0.3) is 0 Å². The topological polar surface area (TPSA) is 18.5 Å². The van der Waals surface area contributed by atoms with E-state index in [0.717, 1.165) is 11.5 Å². The predicted octanol–water partition coefficient (Wildman–Crippen LogP) is 3.63. The normalized spacial score (nSPS) is 8.29. The summed E-state index contributed by atoms with van der Waals surface area (Å²) in [6.45, 7) is 9.45. The van der Waals surface area contributed by atoms with Gasteiger partial charge in [0.05, 0.1) is 12.9 Å². The average Bonchev–Trinajstić information content (AvgIpc) is 2.21. The fraction of sp³-hybridized carbons (Fsp3) is 0.333. The molecule has 0 aliphatic rings. The SMILES string of the molecule is C=C(C)Oc1ccc(OC)cc1.CC. The molecule has 0 aliphatic carbocycles. The van der Waals surface area contributed by atoms with Crippen molar-refractivity contribution in [1.29, 1.82) is 0 Å². The van der Waals surface area contributed by atoms with Gasteiger partial charge in [0.1, 0.15) is 11.5 Å². The highest BCUT2D eigenvalue weighted by atomic mass is 16.5. The van der Waals surface area contributed by atoms with E-state index < -0.39 is 0 Å². The second kappa shape index (κ2) is 7.01. The molecular weight excluding hydrogens is 176 g/mol. The highest BCUT2D eigenvalue weighted by Gasteiger charge is 1.93. The largest absolute Gasteiger partial charge is 0.497 e. The number of allylic oxidation sites excluding steroid dienone is 1. The lowest BCUT2D eigenvalue weighted by molar-refractivity contribution is 0.408. The summed E-state index contributed by atoms with van der Waals surface area (Å²) in [4.78, 5) is 0. The highest BCUT2D eigenvalue weighted by Crippen LogP contribution is 2.18. The van der Waals surface area contributed by atoms with Crippen LogP contribution in [0.15, 0.2) is 36.6 Å². The number of rotatable bonds is 3. The molecule has 14 heavy (non-hydrogen) atoms. The molecule has 78 valence electrons. The Bertz CT molecular complexity index is 262. The lowest BCUT2D eigenvalue weighted by Gasteiger charge is -2.04. The van der Waals surface area contributed by atoms with Gasteiger partial charge in [-0.05, 0) is 31.2 Å². The van der Waals surface area contributed by atoms with Crippen molar-refractivity contribution in [3.63, 3.8) is 0 Å². The quantitative estimate of drug-likeness (QED) is 0.684. The van der Waals surface area contributed by atoms with E-state index in [4.69, 9.17) is 9.47 Å². The summed E-state index contributed by atoms with van der Waals surface area (Å²) in [5.74, 6) is 2.28. The van der Waals surface area contributed by atoms with Gasteiger partial charge in [-0.3, -0.25) is 0 Å². The van der Waals surface area contributed by atoms with Gasteiger partial charge >= 0.3 is 0 Å². The maximum absolute atomic E-state index is 5.26. The lowest BCUT2D eigenvalue weighted by Crippen LogP contribution is -1.88. The van der Waals surface area contributed by atoms with Gasteiger partial charge < -0.3 is 9.47 Å². The minimum absolute atomic E-state index is 0.681. The highest BCUT2D eigenvalue weighted by molar-refractivity contribution is 5.31. The van der Waals surface area contributed by atoms with Gasteiger partial charge in [-0.25, -0.2) is 0 Å². The molecule has 1 aromatic carbocycles. The van der Waals surface area contributed by atoms with Crippen molar-refractivity contribution in [1.82, 2.24) is 0 Å². The zero-order chi connectivity index (χ0) is 11.0. The monoisotopic (exact) mass is 194 g/mol. The Morgan fingerprint density at radius 2 is 1.50 bits per heavy atom. The van der Waals surface area contributed by atoms with Crippen LogP contribution < -0.4 is 9.47 Å². The van der Waals surface area contributed by atoms with E-state index in [1.54, 1.807) is 7.11 Å². The third-order valence-electron chi connectivity index (χ3n) is 1.35. The van der Waals surface area contributed by atoms with Crippen LogP contribution >= 0.6 is 0 Å². The average molecular weight is 194 g/mol. The van der Waals surface area contributed by atoms with Crippen LogP contribution in [-0.2, 0) is 0 Å². The lowest BCUT2D eigenvalue weighted by atomic mass is 10.3. The molecule has 0 unspecified atom stereocenters. The molecule has 1 rings (SSSR count). The Kier molecular flexibility index (Phi) is 6.29. The molecule has 2 nitrogen and oxygen atoms in total. The Morgan fingerprint density at radius 3 is 1.86 bits per heavy atom. The van der Waals surface area contributed by atoms with Crippen LogP contribution in [0.5, 0.6) is 11.5 Å². The fourth-order valence-electron chi connectivity index (χ4n) is 0.845. The fourth-order valence-corrected chi connectivity index (χ4v) is 0.845. The molecular formula is C12H18O2. The molecule has 0 spiro atoms. The molecule has 0 atom stereocenters. The van der Waals surface area contributed by atoms with Crippen molar-refractivity contribution >= 4 is 0 Å². The Balaban J connectivity index is 0.000000791. The third-order valence-corrected chi connectivity index (χ3v) is 1.35. The van der Waals surface area contributed by atoms with Crippen LogP contribution in [0.4, 0.5) is 0 Å². The van der Waals surface area contributed by atoms with Gasteiger partial charge in [0, 0.05) is 0 Å². The standard InChI is InChI=1S/C10H12O2.C2H6/c1-8(2)12-10-6-4-9(11-3)5-7-10;1-2/h4-7H,1H2,2-3H3;1-2H3. The first kappa shape index (κ1) is 12.6. The molecule has 0 saturated carbocycles. The van der Waals surface area contributed by atoms with Gasteiger partial charge in [-0.1, -0.05) is 20.4 Å². The Labute approximate surface area is 86.2 Å². The summed E-state index contributed by atoms with van der Waals surface area (Å²) in [5, 5.41) is 0. The van der Waals surface area contributed by atoms with Crippen LogP contribution in [0.1, 0.15) is 20.8 Å². The van der Waals surface area contributed by atoms with Crippen molar-refractivity contribution in [2.75, 3.05) is 7.11 Å². The maximum atomic E-state index is 5.26. The molecule has 0 saturated heterocycles. The molecule has 0 bridgehead atoms. The molecule has 0 heterocycles. The summed E-state index contributed by atoms with van der Waals surface area (Å²) in [6, 6.07) is 7.37. The molecule has 1 aromatic rings. The zero-order valence-corrected chi connectivity index (χ0v) is 9.33. The number of ether oxygens (including phenoxy) is 2. The number of methoxy groups -OCH3 is 1. The maximum Gasteiger partial charge on any atom is 0.127 e. The van der Waals surface area contributed by atoms with Crippen molar-refractivity contribution in [2.45, 2.75) is 20.8 Å². The van der Waals surface area contributed by atoms with Crippen LogP contribution in [0, 0.1) is 0 Å². The third kappa shape index (κ3) is 4.55. The minimum atomic E-state index is 0.681. The predicted molar refractivity (Wildman–Crippen MR) is 59.8 cm³/mol. The Morgan fingerprint density at radius 1 is 1.07 bits per heavy atom. The molecule has 2 heteroatoms. The first-order valence-electron chi connectivity index (χ1n) is 4.70. The molecule has 0 aliphatic heterocycles. The Hall–Kier alpha value is -1.44. The minimum Gasteiger partial charge on any atom is -0.497 e. The van der Waals surface area contributed by atoms with E-state index in [9.17, 15) is 0 Å². The number of benzene rings is 1. The summed E-state index contributed by atoms with van der Waals surface area (Å²) in [6.07, 6.45) is 0.